The molecule has 90 valence electrons. The summed E-state index contributed by atoms with van der Waals surface area (Å²) in [6, 6.07) is 0.726. The van der Waals surface area contributed by atoms with Crippen LogP contribution in [0.3, 0.4) is 0 Å². The van der Waals surface area contributed by atoms with Crippen LogP contribution in [-0.2, 0) is 4.79 Å². The van der Waals surface area contributed by atoms with E-state index in [1.54, 1.807) is 0 Å². The Morgan fingerprint density at radius 2 is 1.94 bits per heavy atom. The van der Waals surface area contributed by atoms with Gasteiger partial charge in [0.05, 0.1) is 6.04 Å². The van der Waals surface area contributed by atoms with E-state index < -0.39 is 0 Å². The van der Waals surface area contributed by atoms with Crippen molar-refractivity contribution in [3.05, 3.63) is 0 Å². The molecule has 3 atom stereocenters. The summed E-state index contributed by atoms with van der Waals surface area (Å²) in [5, 5.41) is 3.34. The predicted molar refractivity (Wildman–Crippen MR) is 63.1 cm³/mol. The van der Waals surface area contributed by atoms with Crippen molar-refractivity contribution in [1.29, 1.82) is 0 Å². The van der Waals surface area contributed by atoms with Crippen LogP contribution in [0, 0.1) is 5.92 Å². The van der Waals surface area contributed by atoms with Gasteiger partial charge in [0.15, 0.2) is 0 Å². The van der Waals surface area contributed by atoms with E-state index in [0.29, 0.717) is 11.9 Å². The van der Waals surface area contributed by atoms with Crippen molar-refractivity contribution in [2.24, 2.45) is 5.92 Å². The van der Waals surface area contributed by atoms with E-state index in [4.69, 9.17) is 0 Å². The molecule has 3 heteroatoms. The van der Waals surface area contributed by atoms with Crippen LogP contribution in [0.25, 0.3) is 0 Å². The molecule has 3 unspecified atom stereocenters. The number of likely N-dealkylation sites (tertiary alicyclic amines) is 1. The summed E-state index contributed by atoms with van der Waals surface area (Å²) in [7, 11) is 0. The predicted octanol–water partition coefficient (Wildman–Crippen LogP) is 1.53. The zero-order valence-corrected chi connectivity index (χ0v) is 9.95. The van der Waals surface area contributed by atoms with E-state index >= 15 is 0 Å². The molecule has 16 heavy (non-hydrogen) atoms. The molecular formula is C13H22N2O. The number of carbonyl (C=O) groups excluding carboxylic acids is 1. The summed E-state index contributed by atoms with van der Waals surface area (Å²) in [5.41, 5.74) is 0. The fourth-order valence-electron chi connectivity index (χ4n) is 3.77. The van der Waals surface area contributed by atoms with Crippen molar-refractivity contribution in [2.45, 2.75) is 57.0 Å². The maximum atomic E-state index is 12.4. The Hall–Kier alpha value is -0.570. The van der Waals surface area contributed by atoms with Crippen LogP contribution in [0.5, 0.6) is 0 Å². The smallest absolute Gasteiger partial charge is 0.239 e. The lowest BCUT2D eigenvalue weighted by Gasteiger charge is -2.33. The fraction of sp³-hybridized carbons (Fsp3) is 0.923. The average Bonchev–Trinajstić information content (AvgIpc) is 2.98. The molecule has 0 aromatic heterocycles. The van der Waals surface area contributed by atoms with Gasteiger partial charge in [0.1, 0.15) is 0 Å². The molecule has 1 saturated carbocycles. The number of hydrogen-bond donors (Lipinski definition) is 1. The molecule has 3 fully saturated rings. The van der Waals surface area contributed by atoms with Gasteiger partial charge in [-0.3, -0.25) is 4.79 Å². The first-order valence-corrected chi connectivity index (χ1v) is 6.90. The molecule has 1 amide bonds. The Kier molecular flexibility index (Phi) is 2.88. The highest BCUT2D eigenvalue weighted by atomic mass is 16.2. The van der Waals surface area contributed by atoms with Gasteiger partial charge < -0.3 is 10.2 Å². The number of hydrogen-bond acceptors (Lipinski definition) is 2. The number of fused-ring (bicyclic) bond motifs is 1. The van der Waals surface area contributed by atoms with E-state index in [2.05, 4.69) is 10.2 Å². The Morgan fingerprint density at radius 1 is 1.06 bits per heavy atom. The second-order valence-electron chi connectivity index (χ2n) is 5.58. The molecule has 1 N–H and O–H groups in total. The molecule has 2 aliphatic heterocycles. The van der Waals surface area contributed by atoms with Gasteiger partial charge in [0.25, 0.3) is 0 Å². The molecule has 3 nitrogen and oxygen atoms in total. The standard InChI is InChI=1S/C13H22N2O/c16-13(11-5-3-8-14-11)15-9-7-10-4-1-2-6-12(10)15/h10-12,14H,1-9H2. The Bertz CT molecular complexity index is 273. The molecule has 3 rings (SSSR count). The average molecular weight is 222 g/mol. The van der Waals surface area contributed by atoms with E-state index in [1.807, 2.05) is 0 Å². The SMILES string of the molecule is O=C(C1CCCN1)N1CCC2CCCCC21. The number of nitrogens with zero attached hydrogens (tertiary/aromatic N) is 1. The summed E-state index contributed by atoms with van der Waals surface area (Å²) in [6.45, 7) is 2.05. The van der Waals surface area contributed by atoms with Gasteiger partial charge in [-0.05, 0) is 44.6 Å². The maximum Gasteiger partial charge on any atom is 0.239 e. The fourth-order valence-corrected chi connectivity index (χ4v) is 3.77. The Morgan fingerprint density at radius 3 is 2.75 bits per heavy atom. The number of carbonyl (C=O) groups is 1. The van der Waals surface area contributed by atoms with E-state index in [9.17, 15) is 4.79 Å². The molecule has 0 aromatic rings. The first kappa shape index (κ1) is 10.6. The van der Waals surface area contributed by atoms with E-state index in [1.165, 1.54) is 38.5 Å². The van der Waals surface area contributed by atoms with Crippen LogP contribution in [-0.4, -0.2) is 36.0 Å². The molecule has 0 bridgehead atoms. The number of nitrogens with one attached hydrogen (secondary N) is 1. The summed E-state index contributed by atoms with van der Waals surface area (Å²) in [6.07, 6.45) is 8.78. The highest BCUT2D eigenvalue weighted by Gasteiger charge is 2.40. The minimum absolute atomic E-state index is 0.140. The summed E-state index contributed by atoms with van der Waals surface area (Å²) >= 11 is 0. The largest absolute Gasteiger partial charge is 0.338 e. The minimum atomic E-state index is 0.140. The second-order valence-corrected chi connectivity index (χ2v) is 5.58. The third-order valence-electron chi connectivity index (χ3n) is 4.65. The van der Waals surface area contributed by atoms with Crippen LogP contribution >= 0.6 is 0 Å². The van der Waals surface area contributed by atoms with Crippen molar-refractivity contribution in [3.63, 3.8) is 0 Å². The van der Waals surface area contributed by atoms with Crippen LogP contribution in [0.2, 0.25) is 0 Å². The molecule has 0 radical (unpaired) electrons. The van der Waals surface area contributed by atoms with Gasteiger partial charge in [-0.1, -0.05) is 12.8 Å². The van der Waals surface area contributed by atoms with Crippen molar-refractivity contribution >= 4 is 5.91 Å². The lowest BCUT2D eigenvalue weighted by molar-refractivity contribution is -0.134. The third kappa shape index (κ3) is 1.75. The van der Waals surface area contributed by atoms with E-state index in [-0.39, 0.29) is 6.04 Å². The zero-order valence-electron chi connectivity index (χ0n) is 9.95. The molecule has 0 aromatic carbocycles. The molecular weight excluding hydrogens is 200 g/mol. The maximum absolute atomic E-state index is 12.4. The van der Waals surface area contributed by atoms with E-state index in [0.717, 1.165) is 25.4 Å². The minimum Gasteiger partial charge on any atom is -0.338 e. The summed E-state index contributed by atoms with van der Waals surface area (Å²) in [5.74, 6) is 1.21. The van der Waals surface area contributed by atoms with Crippen molar-refractivity contribution in [1.82, 2.24) is 10.2 Å². The van der Waals surface area contributed by atoms with Crippen molar-refractivity contribution in [2.75, 3.05) is 13.1 Å². The zero-order chi connectivity index (χ0) is 11.0. The molecule has 2 saturated heterocycles. The van der Waals surface area contributed by atoms with Crippen molar-refractivity contribution < 1.29 is 4.79 Å². The highest BCUT2D eigenvalue weighted by molar-refractivity contribution is 5.82. The lowest BCUT2D eigenvalue weighted by atomic mass is 9.85. The molecule has 1 aliphatic carbocycles. The summed E-state index contributed by atoms with van der Waals surface area (Å²) < 4.78 is 0. The highest BCUT2D eigenvalue weighted by Crippen LogP contribution is 2.36. The van der Waals surface area contributed by atoms with Crippen molar-refractivity contribution in [3.8, 4) is 0 Å². The summed E-state index contributed by atoms with van der Waals surface area (Å²) in [4.78, 5) is 14.6. The molecule has 2 heterocycles. The first-order valence-electron chi connectivity index (χ1n) is 6.90. The molecule has 0 spiro atoms. The van der Waals surface area contributed by atoms with Gasteiger partial charge in [-0.2, -0.15) is 0 Å². The first-order chi connectivity index (χ1) is 7.86. The van der Waals surface area contributed by atoms with Crippen LogP contribution in [0.1, 0.15) is 44.9 Å². The monoisotopic (exact) mass is 222 g/mol. The molecule has 3 aliphatic rings. The van der Waals surface area contributed by atoms with Gasteiger partial charge in [-0.15, -0.1) is 0 Å². The van der Waals surface area contributed by atoms with Gasteiger partial charge in [0, 0.05) is 12.6 Å². The van der Waals surface area contributed by atoms with Gasteiger partial charge in [-0.25, -0.2) is 0 Å². The quantitative estimate of drug-likeness (QED) is 0.729. The van der Waals surface area contributed by atoms with Crippen LogP contribution in [0.15, 0.2) is 0 Å². The lowest BCUT2D eigenvalue weighted by Crippen LogP contribution is -2.47. The normalized spacial score (nSPS) is 38.8. The Labute approximate surface area is 97.6 Å². The van der Waals surface area contributed by atoms with Crippen LogP contribution in [0.4, 0.5) is 0 Å². The Balaban J connectivity index is 1.67. The van der Waals surface area contributed by atoms with Gasteiger partial charge in [0.2, 0.25) is 5.91 Å². The number of rotatable bonds is 1. The number of amides is 1. The second kappa shape index (κ2) is 4.36. The van der Waals surface area contributed by atoms with Gasteiger partial charge >= 0.3 is 0 Å². The third-order valence-corrected chi connectivity index (χ3v) is 4.65. The van der Waals surface area contributed by atoms with Crippen LogP contribution < -0.4 is 5.32 Å². The topological polar surface area (TPSA) is 32.3 Å².